The summed E-state index contributed by atoms with van der Waals surface area (Å²) in [5.74, 6) is 2.75. The van der Waals surface area contributed by atoms with Crippen molar-refractivity contribution in [3.8, 4) is 12.3 Å². The van der Waals surface area contributed by atoms with Gasteiger partial charge in [-0.3, -0.25) is 4.79 Å². The first-order valence-electron chi connectivity index (χ1n) is 5.94. The van der Waals surface area contributed by atoms with E-state index < -0.39 is 0 Å². The maximum absolute atomic E-state index is 11.3. The molecule has 0 atom stereocenters. The highest BCUT2D eigenvalue weighted by atomic mass is 16.1. The molecular formula is C15H20O. The summed E-state index contributed by atoms with van der Waals surface area (Å²) in [6.07, 6.45) is 6.74. The second-order valence-electron chi connectivity index (χ2n) is 2.94. The molecule has 0 radical (unpaired) electrons. The Morgan fingerprint density at radius 1 is 1.12 bits per heavy atom. The van der Waals surface area contributed by atoms with E-state index in [2.05, 4.69) is 5.92 Å². The summed E-state index contributed by atoms with van der Waals surface area (Å²) in [5.41, 5.74) is 2.76. The van der Waals surface area contributed by atoms with Crippen molar-refractivity contribution >= 4 is 5.78 Å². The van der Waals surface area contributed by atoms with E-state index in [1.807, 2.05) is 45.9 Å². The average Bonchev–Trinajstić information content (AvgIpc) is 2.75. The van der Waals surface area contributed by atoms with Gasteiger partial charge in [0.15, 0.2) is 5.78 Å². The smallest absolute Gasteiger partial charge is 0.163 e. The number of hydrogen-bond acceptors (Lipinski definition) is 1. The molecule has 1 aliphatic carbocycles. The molecule has 0 aromatic heterocycles. The number of ketones is 1. The number of Topliss-reactive ketones (excluding diaryl/α,β-unsaturated/α-hetero) is 1. The van der Waals surface area contributed by atoms with Gasteiger partial charge in [0, 0.05) is 17.5 Å². The quantitative estimate of drug-likeness (QED) is 0.602. The monoisotopic (exact) mass is 216 g/mol. The van der Waals surface area contributed by atoms with E-state index in [9.17, 15) is 4.79 Å². The van der Waals surface area contributed by atoms with Crippen LogP contribution in [-0.4, -0.2) is 5.78 Å². The third-order valence-electron chi connectivity index (χ3n) is 2.20. The molecule has 0 amide bonds. The summed E-state index contributed by atoms with van der Waals surface area (Å²) in [6, 6.07) is 5.65. The molecule has 1 nitrogen and oxygen atoms in total. The fraction of sp³-hybridized carbons (Fsp3) is 0.400. The van der Waals surface area contributed by atoms with Crippen LogP contribution >= 0.6 is 0 Å². The number of fused-ring (bicyclic) bond motifs is 1. The van der Waals surface area contributed by atoms with E-state index in [1.165, 1.54) is 0 Å². The van der Waals surface area contributed by atoms with Gasteiger partial charge in [-0.2, -0.15) is 0 Å². The van der Waals surface area contributed by atoms with Crippen molar-refractivity contribution in [2.75, 3.05) is 0 Å². The summed E-state index contributed by atoms with van der Waals surface area (Å²) < 4.78 is 0. The van der Waals surface area contributed by atoms with Gasteiger partial charge in [-0.25, -0.2) is 0 Å². The van der Waals surface area contributed by atoms with Gasteiger partial charge in [-0.05, 0) is 24.1 Å². The van der Waals surface area contributed by atoms with Gasteiger partial charge < -0.3 is 0 Å². The van der Waals surface area contributed by atoms with Crippen LogP contribution in [0.3, 0.4) is 0 Å². The Kier molecular flexibility index (Phi) is 6.96. The first-order valence-corrected chi connectivity index (χ1v) is 5.94. The number of hydrogen-bond donors (Lipinski definition) is 0. The van der Waals surface area contributed by atoms with E-state index >= 15 is 0 Å². The Morgan fingerprint density at radius 3 is 2.31 bits per heavy atom. The van der Waals surface area contributed by atoms with Crippen LogP contribution in [-0.2, 0) is 6.42 Å². The minimum atomic E-state index is 0.224. The molecule has 0 saturated heterocycles. The largest absolute Gasteiger partial charge is 0.294 e. The van der Waals surface area contributed by atoms with Gasteiger partial charge in [0.1, 0.15) is 0 Å². The van der Waals surface area contributed by atoms with E-state index in [4.69, 9.17) is 6.42 Å². The fourth-order valence-corrected chi connectivity index (χ4v) is 1.53. The lowest BCUT2D eigenvalue weighted by Gasteiger charge is -1.96. The van der Waals surface area contributed by atoms with Crippen LogP contribution < -0.4 is 0 Å². The maximum atomic E-state index is 11.3. The number of carbonyl (C=O) groups is 1. The van der Waals surface area contributed by atoms with Gasteiger partial charge in [0.25, 0.3) is 0 Å². The van der Waals surface area contributed by atoms with Crippen molar-refractivity contribution in [1.29, 1.82) is 0 Å². The summed E-state index contributed by atoms with van der Waals surface area (Å²) in [4.78, 5) is 11.3. The van der Waals surface area contributed by atoms with Crippen molar-refractivity contribution in [2.45, 2.75) is 40.5 Å². The molecule has 0 saturated carbocycles. The minimum absolute atomic E-state index is 0.224. The number of rotatable bonds is 0. The molecule has 0 fully saturated rings. The summed E-state index contributed by atoms with van der Waals surface area (Å²) >= 11 is 0. The van der Waals surface area contributed by atoms with Gasteiger partial charge >= 0.3 is 0 Å². The summed E-state index contributed by atoms with van der Waals surface area (Å²) in [5, 5.41) is 0. The third-order valence-corrected chi connectivity index (χ3v) is 2.20. The zero-order valence-electron chi connectivity index (χ0n) is 10.6. The van der Waals surface area contributed by atoms with Crippen LogP contribution in [0.4, 0.5) is 0 Å². The Labute approximate surface area is 98.9 Å². The van der Waals surface area contributed by atoms with Gasteiger partial charge in [-0.1, -0.05) is 39.7 Å². The van der Waals surface area contributed by atoms with E-state index in [0.717, 1.165) is 23.1 Å². The van der Waals surface area contributed by atoms with Gasteiger partial charge in [0.2, 0.25) is 0 Å². The van der Waals surface area contributed by atoms with Crippen molar-refractivity contribution in [1.82, 2.24) is 0 Å². The zero-order valence-corrected chi connectivity index (χ0v) is 10.6. The van der Waals surface area contributed by atoms with Gasteiger partial charge in [0.05, 0.1) is 0 Å². The fourth-order valence-electron chi connectivity index (χ4n) is 1.53. The SMILES string of the molecule is C#Cc1ccc2c(c1)C(=O)CC2.CC.CC. The lowest BCUT2D eigenvalue weighted by atomic mass is 10.1. The van der Waals surface area contributed by atoms with Crippen LogP contribution in [0.1, 0.15) is 55.6 Å². The third kappa shape index (κ3) is 3.24. The molecule has 1 aromatic rings. The Hall–Kier alpha value is -1.55. The van der Waals surface area contributed by atoms with Crippen LogP contribution in [0.2, 0.25) is 0 Å². The average molecular weight is 216 g/mol. The molecule has 1 heteroatoms. The molecule has 1 aromatic carbocycles. The van der Waals surface area contributed by atoms with Crippen LogP contribution in [0.25, 0.3) is 0 Å². The molecule has 0 N–H and O–H groups in total. The molecular weight excluding hydrogens is 196 g/mol. The van der Waals surface area contributed by atoms with Crippen LogP contribution in [0.5, 0.6) is 0 Å². The molecule has 0 bridgehead atoms. The van der Waals surface area contributed by atoms with Crippen molar-refractivity contribution in [3.63, 3.8) is 0 Å². The molecule has 2 rings (SSSR count). The topological polar surface area (TPSA) is 17.1 Å². The predicted octanol–water partition coefficient (Wildman–Crippen LogP) is 3.85. The normalized spacial score (nSPS) is 11.3. The first-order chi connectivity index (χ1) is 7.81. The van der Waals surface area contributed by atoms with Crippen LogP contribution in [0, 0.1) is 12.3 Å². The lowest BCUT2D eigenvalue weighted by Crippen LogP contribution is -1.91. The zero-order chi connectivity index (χ0) is 12.6. The molecule has 0 unspecified atom stereocenters. The Morgan fingerprint density at radius 2 is 1.75 bits per heavy atom. The molecule has 0 aliphatic heterocycles. The molecule has 0 heterocycles. The highest BCUT2D eigenvalue weighted by molar-refractivity contribution is 6.00. The number of aryl methyl sites for hydroxylation is 1. The molecule has 1 aliphatic rings. The predicted molar refractivity (Wildman–Crippen MR) is 69.7 cm³/mol. The standard InChI is InChI=1S/C11H8O.2C2H6/c1-2-8-3-4-9-5-6-11(12)10(9)7-8;2*1-2/h1,3-4,7H,5-6H2;2*1-2H3. The van der Waals surface area contributed by atoms with E-state index in [-0.39, 0.29) is 5.78 Å². The van der Waals surface area contributed by atoms with Crippen molar-refractivity contribution in [2.24, 2.45) is 0 Å². The molecule has 86 valence electrons. The summed E-state index contributed by atoms with van der Waals surface area (Å²) in [6.45, 7) is 8.00. The Bertz CT molecular complexity index is 383. The highest BCUT2D eigenvalue weighted by Gasteiger charge is 2.18. The number of terminal acetylenes is 1. The highest BCUT2D eigenvalue weighted by Crippen LogP contribution is 2.22. The number of benzene rings is 1. The Balaban J connectivity index is 0.000000509. The molecule has 16 heavy (non-hydrogen) atoms. The number of carbonyl (C=O) groups excluding carboxylic acids is 1. The van der Waals surface area contributed by atoms with E-state index in [1.54, 1.807) is 0 Å². The molecule has 0 spiro atoms. The lowest BCUT2D eigenvalue weighted by molar-refractivity contribution is 0.0994. The van der Waals surface area contributed by atoms with Crippen molar-refractivity contribution < 1.29 is 4.79 Å². The minimum Gasteiger partial charge on any atom is -0.294 e. The van der Waals surface area contributed by atoms with E-state index in [0.29, 0.717) is 6.42 Å². The second-order valence-corrected chi connectivity index (χ2v) is 2.94. The summed E-state index contributed by atoms with van der Waals surface area (Å²) in [7, 11) is 0. The van der Waals surface area contributed by atoms with Gasteiger partial charge in [-0.15, -0.1) is 6.42 Å². The second kappa shape index (κ2) is 7.70. The van der Waals surface area contributed by atoms with Crippen LogP contribution in [0.15, 0.2) is 18.2 Å². The van der Waals surface area contributed by atoms with Crippen molar-refractivity contribution in [3.05, 3.63) is 34.9 Å². The maximum Gasteiger partial charge on any atom is 0.163 e. The first kappa shape index (κ1) is 14.5.